The minimum atomic E-state index is -2.43. The van der Waals surface area contributed by atoms with Crippen LogP contribution in [-0.4, -0.2) is 49.3 Å². The van der Waals surface area contributed by atoms with E-state index in [9.17, 15) is 19.9 Å². The summed E-state index contributed by atoms with van der Waals surface area (Å²) in [5.74, 6) is -3.00. The third-order valence-electron chi connectivity index (χ3n) is 5.56. The van der Waals surface area contributed by atoms with Gasteiger partial charge in [-0.2, -0.15) is 4.79 Å². The molecule has 156 valence electrons. The lowest BCUT2D eigenvalue weighted by molar-refractivity contribution is -0.146. The van der Waals surface area contributed by atoms with Crippen LogP contribution in [0.1, 0.15) is 47.5 Å². The number of carbonyl (C=O) groups is 3. The maximum absolute atomic E-state index is 13.0. The number of allylic oxidation sites excluding steroid dienone is 1. The number of ether oxygens (including phenoxy) is 2. The molecular weight excluding hydrogens is 380 g/mol. The Kier molecular flexibility index (Phi) is 7.28. The van der Waals surface area contributed by atoms with E-state index in [1.165, 1.54) is 6.92 Å². The van der Waals surface area contributed by atoms with Gasteiger partial charge >= 0.3 is 17.7 Å². The second-order valence-corrected chi connectivity index (χ2v) is 13.2. The standard InChI is InChI=1S/C19H30N2O6Si/c1-12(16(23)15(21-20)17(24)25-6)19(27-28(7,8)18(3,4)5)11-9-10-14(19)26-13(2)22/h10,12H,9,11H2,1-8H3/t12-,19-/m1/s1. The Hall–Kier alpha value is -2.09. The lowest BCUT2D eigenvalue weighted by Crippen LogP contribution is -2.55. The lowest BCUT2D eigenvalue weighted by Gasteiger charge is -2.46. The summed E-state index contributed by atoms with van der Waals surface area (Å²) < 4.78 is 16.6. The molecule has 0 bridgehead atoms. The SMILES string of the molecule is COC(=O)C(=[N+]=[N-])C(=O)[C@@H](C)[C@]1(O[Si](C)(C)C(C)(C)C)CCC=C1OC(C)=O. The number of esters is 2. The van der Waals surface area contributed by atoms with Crippen LogP contribution >= 0.6 is 0 Å². The number of hydrogen-bond donors (Lipinski definition) is 0. The summed E-state index contributed by atoms with van der Waals surface area (Å²) in [7, 11) is -1.34. The summed E-state index contributed by atoms with van der Waals surface area (Å²) in [6.45, 7) is 13.1. The predicted molar refractivity (Wildman–Crippen MR) is 105 cm³/mol. The van der Waals surface area contributed by atoms with Crippen molar-refractivity contribution in [1.29, 1.82) is 0 Å². The molecule has 0 aromatic heterocycles. The molecule has 0 aliphatic heterocycles. The Morgan fingerprint density at radius 1 is 1.29 bits per heavy atom. The van der Waals surface area contributed by atoms with Crippen molar-refractivity contribution in [1.82, 2.24) is 0 Å². The van der Waals surface area contributed by atoms with Gasteiger partial charge in [-0.1, -0.05) is 27.7 Å². The average Bonchev–Trinajstić information content (AvgIpc) is 2.95. The molecule has 0 aromatic rings. The van der Waals surface area contributed by atoms with E-state index in [1.807, 2.05) is 13.1 Å². The molecular formula is C19H30N2O6Si. The van der Waals surface area contributed by atoms with Crippen molar-refractivity contribution in [2.24, 2.45) is 5.92 Å². The van der Waals surface area contributed by atoms with Crippen molar-refractivity contribution in [3.63, 3.8) is 0 Å². The van der Waals surface area contributed by atoms with Gasteiger partial charge in [0.2, 0.25) is 0 Å². The maximum Gasteiger partial charge on any atom is 0.441 e. The smallest absolute Gasteiger partial charge is 0.441 e. The van der Waals surface area contributed by atoms with Crippen LogP contribution in [0.25, 0.3) is 5.53 Å². The van der Waals surface area contributed by atoms with E-state index in [0.717, 1.165) is 7.11 Å². The quantitative estimate of drug-likeness (QED) is 0.159. The summed E-state index contributed by atoms with van der Waals surface area (Å²) in [5, 5.41) is -0.178. The van der Waals surface area contributed by atoms with Gasteiger partial charge in [-0.15, -0.1) is 0 Å². The van der Waals surface area contributed by atoms with Crippen molar-refractivity contribution in [2.45, 2.75) is 71.2 Å². The van der Waals surface area contributed by atoms with Gasteiger partial charge in [0, 0.05) is 6.92 Å². The molecule has 0 fully saturated rings. The molecule has 9 heteroatoms. The highest BCUT2D eigenvalue weighted by Crippen LogP contribution is 2.48. The molecule has 0 N–H and O–H groups in total. The second kappa shape index (κ2) is 8.51. The summed E-state index contributed by atoms with van der Waals surface area (Å²) in [4.78, 5) is 39.3. The third kappa shape index (κ3) is 4.66. The van der Waals surface area contributed by atoms with Gasteiger partial charge in [-0.3, -0.25) is 9.59 Å². The zero-order valence-electron chi connectivity index (χ0n) is 17.9. The minimum absolute atomic E-state index is 0.178. The van der Waals surface area contributed by atoms with Crippen LogP contribution in [0.3, 0.4) is 0 Å². The summed E-state index contributed by atoms with van der Waals surface area (Å²) in [6, 6.07) is 0. The fourth-order valence-electron chi connectivity index (χ4n) is 2.93. The number of hydrogen-bond acceptors (Lipinski definition) is 6. The fourth-order valence-corrected chi connectivity index (χ4v) is 4.53. The molecule has 1 aliphatic carbocycles. The monoisotopic (exact) mass is 410 g/mol. The summed E-state index contributed by atoms with van der Waals surface area (Å²) in [5.41, 5.74) is 7.22. The van der Waals surface area contributed by atoms with E-state index < -0.39 is 43.3 Å². The van der Waals surface area contributed by atoms with Crippen LogP contribution in [0.2, 0.25) is 18.1 Å². The van der Waals surface area contributed by atoms with Crippen LogP contribution in [0.15, 0.2) is 11.8 Å². The number of rotatable bonds is 7. The first-order valence-corrected chi connectivity index (χ1v) is 12.1. The molecule has 28 heavy (non-hydrogen) atoms. The molecule has 0 unspecified atom stereocenters. The molecule has 0 saturated heterocycles. The highest BCUT2D eigenvalue weighted by Gasteiger charge is 2.56. The van der Waals surface area contributed by atoms with Crippen LogP contribution in [0.4, 0.5) is 0 Å². The van der Waals surface area contributed by atoms with Gasteiger partial charge in [-0.05, 0) is 37.0 Å². The van der Waals surface area contributed by atoms with Crippen molar-refractivity contribution >= 4 is 31.8 Å². The number of Topliss-reactive ketones (excluding diaryl/α,β-unsaturated/α-hetero) is 1. The number of carbonyl (C=O) groups excluding carboxylic acids is 3. The fraction of sp³-hybridized carbons (Fsp3) is 0.684. The maximum atomic E-state index is 13.0. The van der Waals surface area contributed by atoms with Gasteiger partial charge in [0.15, 0.2) is 8.32 Å². The Balaban J connectivity index is 3.50. The highest BCUT2D eigenvalue weighted by molar-refractivity contribution is 6.74. The summed E-state index contributed by atoms with van der Waals surface area (Å²) in [6.07, 6.45) is 2.67. The molecule has 2 atom stereocenters. The molecule has 0 saturated carbocycles. The van der Waals surface area contributed by atoms with E-state index >= 15 is 0 Å². The highest BCUT2D eigenvalue weighted by atomic mass is 28.4. The van der Waals surface area contributed by atoms with Crippen molar-refractivity contribution in [3.05, 3.63) is 17.4 Å². The molecule has 8 nitrogen and oxygen atoms in total. The Morgan fingerprint density at radius 3 is 2.29 bits per heavy atom. The van der Waals surface area contributed by atoms with Gasteiger partial charge in [-0.25, -0.2) is 4.79 Å². The third-order valence-corrected chi connectivity index (χ3v) is 10.1. The number of ketones is 1. The van der Waals surface area contributed by atoms with Crippen LogP contribution in [-0.2, 0) is 28.3 Å². The predicted octanol–water partition coefficient (Wildman–Crippen LogP) is 3.04. The van der Waals surface area contributed by atoms with E-state index in [0.29, 0.717) is 12.8 Å². The zero-order valence-corrected chi connectivity index (χ0v) is 18.9. The molecule has 1 rings (SSSR count). The molecule has 1 aliphatic rings. The molecule has 0 heterocycles. The molecule has 0 aromatic carbocycles. The van der Waals surface area contributed by atoms with Crippen LogP contribution in [0, 0.1) is 5.92 Å². The zero-order chi connectivity index (χ0) is 21.9. The van der Waals surface area contributed by atoms with Gasteiger partial charge < -0.3 is 19.4 Å². The topological polar surface area (TPSA) is 115 Å². The average molecular weight is 411 g/mol. The van der Waals surface area contributed by atoms with E-state index in [1.54, 1.807) is 13.0 Å². The first-order valence-electron chi connectivity index (χ1n) is 9.17. The largest absolute Gasteiger partial charge is 0.460 e. The van der Waals surface area contributed by atoms with Crippen molar-refractivity contribution < 1.29 is 33.1 Å². The first kappa shape index (κ1) is 23.9. The van der Waals surface area contributed by atoms with E-state index in [2.05, 4.69) is 30.3 Å². The molecule has 0 radical (unpaired) electrons. The Labute approximate surface area is 167 Å². The lowest BCUT2D eigenvalue weighted by atomic mass is 9.82. The number of nitrogens with zero attached hydrogens (tertiary/aromatic N) is 2. The molecule has 0 spiro atoms. The van der Waals surface area contributed by atoms with Gasteiger partial charge in [0.1, 0.15) is 11.4 Å². The van der Waals surface area contributed by atoms with Gasteiger partial charge in [0.05, 0.1) is 13.0 Å². The van der Waals surface area contributed by atoms with E-state index in [-0.39, 0.29) is 10.8 Å². The Bertz CT molecular complexity index is 746. The van der Waals surface area contributed by atoms with Crippen molar-refractivity contribution in [3.8, 4) is 0 Å². The summed E-state index contributed by atoms with van der Waals surface area (Å²) >= 11 is 0. The van der Waals surface area contributed by atoms with Gasteiger partial charge in [0.25, 0.3) is 5.78 Å². The van der Waals surface area contributed by atoms with Crippen LogP contribution < -0.4 is 0 Å². The van der Waals surface area contributed by atoms with E-state index in [4.69, 9.17) is 9.16 Å². The second-order valence-electron chi connectivity index (χ2n) is 8.48. The Morgan fingerprint density at radius 2 is 1.86 bits per heavy atom. The van der Waals surface area contributed by atoms with Crippen LogP contribution in [0.5, 0.6) is 0 Å². The normalized spacial score (nSPS) is 20.6. The molecule has 0 amide bonds. The minimum Gasteiger partial charge on any atom is -0.460 e. The first-order chi connectivity index (χ1) is 12.7. The van der Waals surface area contributed by atoms with Crippen molar-refractivity contribution in [2.75, 3.05) is 7.11 Å². The number of methoxy groups -OCH3 is 1.